The fourth-order valence-electron chi connectivity index (χ4n) is 3.43. The van der Waals surface area contributed by atoms with Crippen LogP contribution in [-0.4, -0.2) is 34.6 Å². The summed E-state index contributed by atoms with van der Waals surface area (Å²) in [6, 6.07) is 10.1. The van der Waals surface area contributed by atoms with Crippen molar-refractivity contribution in [2.45, 2.75) is 30.8 Å². The first-order chi connectivity index (χ1) is 16.1. The van der Waals surface area contributed by atoms with Crippen LogP contribution in [0.15, 0.2) is 59.8 Å². The van der Waals surface area contributed by atoms with Gasteiger partial charge in [-0.2, -0.15) is 13.2 Å². The number of aryl methyl sites for hydroxylation is 1. The van der Waals surface area contributed by atoms with E-state index in [1.54, 1.807) is 6.07 Å². The molecule has 11 heteroatoms. The first kappa shape index (κ1) is 23.6. The van der Waals surface area contributed by atoms with E-state index in [2.05, 4.69) is 25.3 Å². The van der Waals surface area contributed by atoms with Crippen LogP contribution in [0, 0.1) is 0 Å². The number of hydrogen-bond donors (Lipinski definition) is 1. The molecule has 4 rings (SSSR count). The smallest absolute Gasteiger partial charge is 0.340 e. The lowest BCUT2D eigenvalue weighted by Gasteiger charge is -2.14. The van der Waals surface area contributed by atoms with Crippen LogP contribution < -0.4 is 5.32 Å². The topological polar surface area (TPSA) is 97.7 Å². The summed E-state index contributed by atoms with van der Waals surface area (Å²) in [5.41, 5.74) is 0.476. The highest BCUT2D eigenvalue weighted by molar-refractivity contribution is 7.90. The van der Waals surface area contributed by atoms with Crippen LogP contribution in [0.2, 0.25) is 0 Å². The van der Waals surface area contributed by atoms with E-state index < -0.39 is 21.6 Å². The summed E-state index contributed by atoms with van der Waals surface area (Å²) < 4.78 is 63.8. The normalized spacial score (nSPS) is 12.1. The number of aromatic nitrogens is 4. The second-order valence-electron chi connectivity index (χ2n) is 7.65. The summed E-state index contributed by atoms with van der Waals surface area (Å²) in [5.74, 6) is 0.399. The molecule has 0 spiro atoms. The van der Waals surface area contributed by atoms with Gasteiger partial charge in [0.1, 0.15) is 11.5 Å². The lowest BCUT2D eigenvalue weighted by Crippen LogP contribution is -2.09. The van der Waals surface area contributed by atoms with E-state index in [-0.39, 0.29) is 21.9 Å². The van der Waals surface area contributed by atoms with Gasteiger partial charge in [0.25, 0.3) is 0 Å². The van der Waals surface area contributed by atoms with Gasteiger partial charge in [-0.1, -0.05) is 13.3 Å². The molecule has 34 heavy (non-hydrogen) atoms. The Morgan fingerprint density at radius 1 is 1.03 bits per heavy atom. The summed E-state index contributed by atoms with van der Waals surface area (Å²) in [7, 11) is -3.38. The van der Waals surface area contributed by atoms with Crippen LogP contribution in [-0.2, 0) is 22.4 Å². The van der Waals surface area contributed by atoms with Gasteiger partial charge in [-0.25, -0.2) is 23.4 Å². The lowest BCUT2D eigenvalue weighted by molar-refractivity contribution is -0.137. The number of hydrogen-bond acceptors (Lipinski definition) is 7. The molecule has 176 valence electrons. The summed E-state index contributed by atoms with van der Waals surface area (Å²) in [5, 5.41) is 3.71. The van der Waals surface area contributed by atoms with E-state index in [1.165, 1.54) is 36.7 Å². The fourth-order valence-corrected chi connectivity index (χ4v) is 3.99. The Balaban J connectivity index is 1.80. The Kier molecular flexibility index (Phi) is 6.22. The van der Waals surface area contributed by atoms with E-state index in [0.717, 1.165) is 18.7 Å². The van der Waals surface area contributed by atoms with Crippen molar-refractivity contribution < 1.29 is 21.6 Å². The third-order valence-corrected chi connectivity index (χ3v) is 6.11. The van der Waals surface area contributed by atoms with Gasteiger partial charge in [0.15, 0.2) is 15.5 Å². The maximum atomic E-state index is 13.5. The predicted molar refractivity (Wildman–Crippen MR) is 122 cm³/mol. The minimum atomic E-state index is -4.58. The van der Waals surface area contributed by atoms with Crippen molar-refractivity contribution in [2.75, 3.05) is 11.6 Å². The van der Waals surface area contributed by atoms with Crippen LogP contribution in [0.3, 0.4) is 0 Å². The molecule has 4 heterocycles. The van der Waals surface area contributed by atoms with Gasteiger partial charge in [-0.15, -0.1) is 0 Å². The molecule has 4 aromatic heterocycles. The number of fused-ring (bicyclic) bond motifs is 1. The minimum absolute atomic E-state index is 0.0585. The molecular weight excluding hydrogens is 467 g/mol. The second kappa shape index (κ2) is 8.98. The highest BCUT2D eigenvalue weighted by Gasteiger charge is 2.34. The largest absolute Gasteiger partial charge is 0.418 e. The van der Waals surface area contributed by atoms with Gasteiger partial charge >= 0.3 is 6.18 Å². The number of sulfone groups is 1. The monoisotopic (exact) mass is 487 g/mol. The van der Waals surface area contributed by atoms with Crippen molar-refractivity contribution >= 4 is 32.4 Å². The van der Waals surface area contributed by atoms with E-state index in [9.17, 15) is 21.6 Å². The molecule has 0 amide bonds. The SMILES string of the molecule is CCCc1cc(Nc2ccc(S(C)(=O)=O)cn2)c2ccc(-c3ncccc3C(F)(F)F)nc2n1. The first-order valence-electron chi connectivity index (χ1n) is 10.3. The van der Waals surface area contributed by atoms with Crippen molar-refractivity contribution in [1.29, 1.82) is 0 Å². The molecule has 0 aliphatic heterocycles. The molecule has 0 radical (unpaired) electrons. The van der Waals surface area contributed by atoms with E-state index in [1.807, 2.05) is 13.0 Å². The Hall–Kier alpha value is -3.60. The van der Waals surface area contributed by atoms with Gasteiger partial charge in [0, 0.05) is 29.7 Å². The van der Waals surface area contributed by atoms with Crippen LogP contribution in [0.5, 0.6) is 0 Å². The van der Waals surface area contributed by atoms with Crippen molar-refractivity contribution in [3.8, 4) is 11.4 Å². The molecule has 0 aliphatic carbocycles. The Morgan fingerprint density at radius 2 is 1.82 bits per heavy atom. The zero-order chi connectivity index (χ0) is 24.5. The molecule has 4 aromatic rings. The zero-order valence-electron chi connectivity index (χ0n) is 18.3. The van der Waals surface area contributed by atoms with Crippen LogP contribution in [0.25, 0.3) is 22.4 Å². The molecule has 0 bridgehead atoms. The number of rotatable bonds is 6. The summed E-state index contributed by atoms with van der Waals surface area (Å²) in [6.07, 6.45) is 0.500. The van der Waals surface area contributed by atoms with Gasteiger partial charge in [-0.05, 0) is 48.9 Å². The van der Waals surface area contributed by atoms with E-state index in [0.29, 0.717) is 29.0 Å². The standard InChI is InChI=1S/C23H20F3N5O2S/c1-3-5-14-12-19(30-20-10-7-15(13-28-20)34(2,32)33)16-8-9-18(31-22(16)29-14)21-17(23(24,25)26)6-4-11-27-21/h4,6-13H,3,5H2,1-2H3,(H,28,29,30,31). The fraction of sp³-hybridized carbons (Fsp3) is 0.217. The Morgan fingerprint density at radius 3 is 2.47 bits per heavy atom. The van der Waals surface area contributed by atoms with Crippen molar-refractivity contribution in [3.63, 3.8) is 0 Å². The van der Waals surface area contributed by atoms with Crippen molar-refractivity contribution in [1.82, 2.24) is 19.9 Å². The maximum absolute atomic E-state index is 13.5. The third-order valence-electron chi connectivity index (χ3n) is 5.01. The molecular formula is C23H20F3N5O2S. The molecule has 0 aromatic carbocycles. The first-order valence-corrected chi connectivity index (χ1v) is 12.2. The van der Waals surface area contributed by atoms with E-state index in [4.69, 9.17) is 0 Å². The van der Waals surface area contributed by atoms with E-state index >= 15 is 0 Å². The quantitative estimate of drug-likeness (QED) is 0.399. The molecule has 0 unspecified atom stereocenters. The minimum Gasteiger partial charge on any atom is -0.340 e. The average molecular weight is 488 g/mol. The predicted octanol–water partition coefficient (Wildman–Crippen LogP) is 5.21. The zero-order valence-corrected chi connectivity index (χ0v) is 19.1. The van der Waals surface area contributed by atoms with Crippen molar-refractivity contribution in [2.24, 2.45) is 0 Å². The van der Waals surface area contributed by atoms with Crippen LogP contribution in [0.4, 0.5) is 24.7 Å². The number of alkyl halides is 3. The van der Waals surface area contributed by atoms with Crippen LogP contribution in [0.1, 0.15) is 24.6 Å². The van der Waals surface area contributed by atoms with Gasteiger partial charge in [0.2, 0.25) is 0 Å². The van der Waals surface area contributed by atoms with Crippen molar-refractivity contribution in [3.05, 3.63) is 66.1 Å². The molecule has 1 N–H and O–H groups in total. The molecule has 7 nitrogen and oxygen atoms in total. The summed E-state index contributed by atoms with van der Waals surface area (Å²) >= 11 is 0. The molecule has 0 saturated carbocycles. The van der Waals surface area contributed by atoms with Gasteiger partial charge in [-0.3, -0.25) is 4.98 Å². The lowest BCUT2D eigenvalue weighted by atomic mass is 10.1. The Labute approximate surface area is 194 Å². The second-order valence-corrected chi connectivity index (χ2v) is 9.67. The summed E-state index contributed by atoms with van der Waals surface area (Å²) in [4.78, 5) is 17.1. The number of nitrogens with one attached hydrogen (secondary N) is 1. The highest BCUT2D eigenvalue weighted by atomic mass is 32.2. The molecule has 0 atom stereocenters. The molecule has 0 saturated heterocycles. The number of nitrogens with zero attached hydrogens (tertiary/aromatic N) is 4. The van der Waals surface area contributed by atoms with Crippen LogP contribution >= 0.6 is 0 Å². The third kappa shape index (κ3) is 4.98. The van der Waals surface area contributed by atoms with Gasteiger partial charge < -0.3 is 5.32 Å². The maximum Gasteiger partial charge on any atom is 0.418 e. The number of anilines is 2. The molecule has 0 fully saturated rings. The average Bonchev–Trinajstić information content (AvgIpc) is 2.78. The molecule has 0 aliphatic rings. The Bertz CT molecular complexity index is 1460. The number of halogens is 3. The van der Waals surface area contributed by atoms with Gasteiger partial charge in [0.05, 0.1) is 21.8 Å². The number of pyridine rings is 4. The highest BCUT2D eigenvalue weighted by Crippen LogP contribution is 2.36. The summed E-state index contributed by atoms with van der Waals surface area (Å²) in [6.45, 7) is 1.98.